The molecule has 4 heteroatoms. The first-order valence-electron chi connectivity index (χ1n) is 5.93. The first-order valence-corrected chi connectivity index (χ1v) is 6.72. The second kappa shape index (κ2) is 6.99. The number of nitrogens with zero attached hydrogens (tertiary/aromatic N) is 1. The Morgan fingerprint density at radius 2 is 2.06 bits per heavy atom. The van der Waals surface area contributed by atoms with Crippen LogP contribution in [-0.2, 0) is 0 Å². The largest absolute Gasteiger partial charge is 0.395 e. The van der Waals surface area contributed by atoms with E-state index in [0.717, 1.165) is 28.7 Å². The third-order valence-electron chi connectivity index (χ3n) is 2.64. The van der Waals surface area contributed by atoms with Crippen molar-refractivity contribution in [3.8, 4) is 0 Å². The molecule has 96 valence electrons. The van der Waals surface area contributed by atoms with Gasteiger partial charge in [0, 0.05) is 28.8 Å². The maximum absolute atomic E-state index is 9.80. The Morgan fingerprint density at radius 1 is 1.35 bits per heavy atom. The van der Waals surface area contributed by atoms with Crippen LogP contribution in [0.2, 0.25) is 0 Å². The Labute approximate surface area is 111 Å². The lowest BCUT2D eigenvalue weighted by molar-refractivity contribution is 0.199. The fourth-order valence-electron chi connectivity index (χ4n) is 1.89. The molecule has 0 saturated carbocycles. The van der Waals surface area contributed by atoms with Gasteiger partial charge in [-0.25, -0.2) is 0 Å². The van der Waals surface area contributed by atoms with E-state index in [1.807, 2.05) is 18.2 Å². The lowest BCUT2D eigenvalue weighted by atomic mass is 10.1. The van der Waals surface area contributed by atoms with Crippen molar-refractivity contribution in [2.75, 3.05) is 24.6 Å². The normalized spacial score (nSPS) is 12.5. The summed E-state index contributed by atoms with van der Waals surface area (Å²) in [6.45, 7) is 5.45. The zero-order valence-corrected chi connectivity index (χ0v) is 11.9. The van der Waals surface area contributed by atoms with Crippen LogP contribution < -0.4 is 4.90 Å². The van der Waals surface area contributed by atoms with E-state index >= 15 is 0 Å². The number of anilines is 1. The molecule has 0 aromatic heterocycles. The Morgan fingerprint density at radius 3 is 2.59 bits per heavy atom. The van der Waals surface area contributed by atoms with Gasteiger partial charge in [-0.15, -0.1) is 0 Å². The van der Waals surface area contributed by atoms with E-state index in [0.29, 0.717) is 6.54 Å². The summed E-state index contributed by atoms with van der Waals surface area (Å²) in [5.41, 5.74) is 1.89. The van der Waals surface area contributed by atoms with E-state index in [9.17, 15) is 5.11 Å². The van der Waals surface area contributed by atoms with Crippen molar-refractivity contribution in [2.24, 2.45) is 0 Å². The van der Waals surface area contributed by atoms with Crippen molar-refractivity contribution < 1.29 is 10.2 Å². The predicted molar refractivity (Wildman–Crippen MR) is 74.4 cm³/mol. The monoisotopic (exact) mass is 301 g/mol. The summed E-state index contributed by atoms with van der Waals surface area (Å²) in [6, 6.07) is 5.87. The summed E-state index contributed by atoms with van der Waals surface area (Å²) in [5, 5.41) is 18.9. The molecule has 0 aliphatic carbocycles. The Balaban J connectivity index is 3.07. The summed E-state index contributed by atoms with van der Waals surface area (Å²) in [4.78, 5) is 2.11. The molecule has 1 aromatic rings. The van der Waals surface area contributed by atoms with Crippen molar-refractivity contribution in [3.05, 3.63) is 28.2 Å². The highest BCUT2D eigenvalue weighted by Crippen LogP contribution is 2.29. The SMILES string of the molecule is CCCN(CCO)c1ccc(Br)cc1C(C)O. The van der Waals surface area contributed by atoms with Gasteiger partial charge in [-0.05, 0) is 31.5 Å². The third-order valence-corrected chi connectivity index (χ3v) is 3.14. The van der Waals surface area contributed by atoms with Crippen LogP contribution in [0.5, 0.6) is 0 Å². The number of hydrogen-bond acceptors (Lipinski definition) is 3. The minimum atomic E-state index is -0.513. The topological polar surface area (TPSA) is 43.7 Å². The van der Waals surface area contributed by atoms with Crippen molar-refractivity contribution in [1.29, 1.82) is 0 Å². The maximum Gasteiger partial charge on any atom is 0.0782 e. The molecular weight excluding hydrogens is 282 g/mol. The number of aliphatic hydroxyl groups is 2. The van der Waals surface area contributed by atoms with Gasteiger partial charge in [-0.2, -0.15) is 0 Å². The van der Waals surface area contributed by atoms with Gasteiger partial charge in [-0.1, -0.05) is 22.9 Å². The Hall–Kier alpha value is -0.580. The molecule has 1 atom stereocenters. The van der Waals surface area contributed by atoms with Crippen LogP contribution in [0.3, 0.4) is 0 Å². The van der Waals surface area contributed by atoms with Crippen LogP contribution in [0.1, 0.15) is 31.9 Å². The average Bonchev–Trinajstić information content (AvgIpc) is 2.28. The molecule has 2 N–H and O–H groups in total. The lowest BCUT2D eigenvalue weighted by Crippen LogP contribution is -2.28. The molecule has 0 heterocycles. The standard InChI is InChI=1S/C13H20BrNO2/c1-3-6-15(7-8-16)13-5-4-11(14)9-12(13)10(2)17/h4-5,9-10,16-17H,3,6-8H2,1-2H3. The molecule has 0 spiro atoms. The predicted octanol–water partition coefficient (Wildman–Crippen LogP) is 2.71. The van der Waals surface area contributed by atoms with Gasteiger partial charge < -0.3 is 15.1 Å². The van der Waals surface area contributed by atoms with Crippen molar-refractivity contribution in [1.82, 2.24) is 0 Å². The average molecular weight is 302 g/mol. The number of rotatable bonds is 6. The maximum atomic E-state index is 9.80. The number of benzene rings is 1. The second-order valence-corrected chi connectivity index (χ2v) is 5.01. The Kier molecular flexibility index (Phi) is 5.95. The van der Waals surface area contributed by atoms with E-state index in [1.165, 1.54) is 0 Å². The van der Waals surface area contributed by atoms with Crippen molar-refractivity contribution in [2.45, 2.75) is 26.4 Å². The third kappa shape index (κ3) is 3.98. The molecule has 0 fully saturated rings. The van der Waals surface area contributed by atoms with E-state index in [1.54, 1.807) is 6.92 Å². The van der Waals surface area contributed by atoms with E-state index in [4.69, 9.17) is 5.11 Å². The second-order valence-electron chi connectivity index (χ2n) is 4.09. The molecule has 3 nitrogen and oxygen atoms in total. The molecule has 1 aromatic carbocycles. The molecule has 0 radical (unpaired) electrons. The first kappa shape index (κ1) is 14.5. The molecule has 0 amide bonds. The van der Waals surface area contributed by atoms with Crippen LogP contribution in [0.15, 0.2) is 22.7 Å². The van der Waals surface area contributed by atoms with Gasteiger partial charge in [0.1, 0.15) is 0 Å². The minimum Gasteiger partial charge on any atom is -0.395 e. The Bertz CT molecular complexity index is 349. The van der Waals surface area contributed by atoms with E-state index in [-0.39, 0.29) is 6.61 Å². The van der Waals surface area contributed by atoms with Crippen LogP contribution in [0, 0.1) is 0 Å². The zero-order valence-electron chi connectivity index (χ0n) is 10.4. The van der Waals surface area contributed by atoms with Crippen LogP contribution >= 0.6 is 15.9 Å². The van der Waals surface area contributed by atoms with Crippen LogP contribution in [0.4, 0.5) is 5.69 Å². The summed E-state index contributed by atoms with van der Waals surface area (Å²) in [6.07, 6.45) is 0.496. The molecule has 17 heavy (non-hydrogen) atoms. The molecule has 1 rings (SSSR count). The summed E-state index contributed by atoms with van der Waals surface area (Å²) < 4.78 is 0.956. The molecule has 1 unspecified atom stereocenters. The highest BCUT2D eigenvalue weighted by Gasteiger charge is 2.14. The zero-order chi connectivity index (χ0) is 12.8. The molecular formula is C13H20BrNO2. The molecule has 0 aliphatic heterocycles. The fourth-order valence-corrected chi connectivity index (χ4v) is 2.27. The number of halogens is 1. The quantitative estimate of drug-likeness (QED) is 0.849. The van der Waals surface area contributed by atoms with Gasteiger partial charge in [-0.3, -0.25) is 0 Å². The fraction of sp³-hybridized carbons (Fsp3) is 0.538. The first-order chi connectivity index (χ1) is 8.10. The lowest BCUT2D eigenvalue weighted by Gasteiger charge is -2.27. The summed E-state index contributed by atoms with van der Waals surface area (Å²) in [7, 11) is 0. The highest BCUT2D eigenvalue weighted by atomic mass is 79.9. The molecule has 0 saturated heterocycles. The molecule has 0 bridgehead atoms. The summed E-state index contributed by atoms with van der Waals surface area (Å²) >= 11 is 3.41. The number of hydrogen-bond donors (Lipinski definition) is 2. The van der Waals surface area contributed by atoms with Gasteiger partial charge >= 0.3 is 0 Å². The van der Waals surface area contributed by atoms with Crippen LogP contribution in [0.25, 0.3) is 0 Å². The van der Waals surface area contributed by atoms with Gasteiger partial charge in [0.2, 0.25) is 0 Å². The molecule has 0 aliphatic rings. The van der Waals surface area contributed by atoms with Crippen LogP contribution in [-0.4, -0.2) is 29.9 Å². The van der Waals surface area contributed by atoms with E-state index in [2.05, 4.69) is 27.8 Å². The van der Waals surface area contributed by atoms with Crippen molar-refractivity contribution in [3.63, 3.8) is 0 Å². The van der Waals surface area contributed by atoms with E-state index < -0.39 is 6.10 Å². The summed E-state index contributed by atoms with van der Waals surface area (Å²) in [5.74, 6) is 0. The highest BCUT2D eigenvalue weighted by molar-refractivity contribution is 9.10. The van der Waals surface area contributed by atoms with Gasteiger partial charge in [0.05, 0.1) is 12.7 Å². The number of aliphatic hydroxyl groups excluding tert-OH is 2. The van der Waals surface area contributed by atoms with Gasteiger partial charge in [0.25, 0.3) is 0 Å². The minimum absolute atomic E-state index is 0.120. The smallest absolute Gasteiger partial charge is 0.0782 e. The van der Waals surface area contributed by atoms with Gasteiger partial charge in [0.15, 0.2) is 0 Å². The van der Waals surface area contributed by atoms with Crippen molar-refractivity contribution >= 4 is 21.6 Å².